The van der Waals surface area contributed by atoms with Gasteiger partial charge in [0.05, 0.1) is 6.10 Å². The smallest absolute Gasteiger partial charge is 0.250 e. The van der Waals surface area contributed by atoms with Crippen molar-refractivity contribution in [3.63, 3.8) is 0 Å². The van der Waals surface area contributed by atoms with Crippen molar-refractivity contribution < 1.29 is 14.3 Å². The van der Waals surface area contributed by atoms with E-state index in [9.17, 15) is 4.79 Å². The first-order chi connectivity index (χ1) is 13.6. The Morgan fingerprint density at radius 3 is 2.64 bits per heavy atom. The number of amides is 1. The van der Waals surface area contributed by atoms with E-state index in [4.69, 9.17) is 21.7 Å². The Morgan fingerprint density at radius 1 is 1.21 bits per heavy atom. The molecule has 1 amide bonds. The Bertz CT molecular complexity index is 826. The van der Waals surface area contributed by atoms with Gasteiger partial charge in [-0.05, 0) is 67.9 Å². The molecular weight excluding hydrogens is 372 g/mol. The minimum absolute atomic E-state index is 0.188. The van der Waals surface area contributed by atoms with E-state index in [0.717, 1.165) is 36.4 Å². The van der Waals surface area contributed by atoms with Crippen molar-refractivity contribution in [3.8, 4) is 5.75 Å². The average molecular weight is 397 g/mol. The number of benzene rings is 2. The molecule has 1 saturated heterocycles. The zero-order chi connectivity index (χ0) is 19.8. The van der Waals surface area contributed by atoms with Crippen molar-refractivity contribution in [2.75, 3.05) is 18.5 Å². The fraction of sp³-hybridized carbons (Fsp3) is 0.273. The van der Waals surface area contributed by atoms with Crippen LogP contribution in [0, 0.1) is 6.92 Å². The first-order valence-electron chi connectivity index (χ1n) is 9.30. The van der Waals surface area contributed by atoms with E-state index >= 15 is 0 Å². The molecule has 0 radical (unpaired) electrons. The van der Waals surface area contributed by atoms with Crippen LogP contribution in [-0.2, 0) is 9.53 Å². The van der Waals surface area contributed by atoms with Crippen LogP contribution >= 0.6 is 12.2 Å². The number of anilines is 1. The van der Waals surface area contributed by atoms with Gasteiger partial charge >= 0.3 is 0 Å². The van der Waals surface area contributed by atoms with Crippen molar-refractivity contribution in [1.82, 2.24) is 5.32 Å². The molecule has 2 aromatic carbocycles. The van der Waals surface area contributed by atoms with Crippen LogP contribution in [0.4, 0.5) is 5.69 Å². The van der Waals surface area contributed by atoms with Crippen molar-refractivity contribution >= 4 is 35.0 Å². The summed E-state index contributed by atoms with van der Waals surface area (Å²) in [6.07, 6.45) is 5.54. The summed E-state index contributed by atoms with van der Waals surface area (Å²) in [6.45, 7) is 3.40. The molecule has 28 heavy (non-hydrogen) atoms. The summed E-state index contributed by atoms with van der Waals surface area (Å²) in [6, 6.07) is 15.3. The molecule has 1 unspecified atom stereocenters. The van der Waals surface area contributed by atoms with Crippen LogP contribution in [0.1, 0.15) is 24.0 Å². The van der Waals surface area contributed by atoms with E-state index in [1.54, 1.807) is 6.08 Å². The quantitative estimate of drug-likeness (QED) is 0.569. The molecule has 0 spiro atoms. The van der Waals surface area contributed by atoms with E-state index < -0.39 is 0 Å². The molecule has 1 aliphatic rings. The average Bonchev–Trinajstić information content (AvgIpc) is 3.20. The molecule has 0 aromatic heterocycles. The second-order valence-electron chi connectivity index (χ2n) is 6.66. The fourth-order valence-electron chi connectivity index (χ4n) is 2.76. The number of ether oxygens (including phenoxy) is 2. The Hall–Kier alpha value is -2.70. The molecule has 1 aliphatic heterocycles. The number of carbonyl (C=O) groups excluding carboxylic acids is 1. The van der Waals surface area contributed by atoms with Crippen LogP contribution < -0.4 is 15.4 Å². The first-order valence-corrected chi connectivity index (χ1v) is 9.70. The van der Waals surface area contributed by atoms with Crippen molar-refractivity contribution in [1.29, 1.82) is 0 Å². The molecule has 1 heterocycles. The zero-order valence-electron chi connectivity index (χ0n) is 15.8. The van der Waals surface area contributed by atoms with Gasteiger partial charge in [0, 0.05) is 18.4 Å². The lowest BCUT2D eigenvalue weighted by atomic mass is 10.1. The third kappa shape index (κ3) is 6.48. The minimum atomic E-state index is -0.283. The summed E-state index contributed by atoms with van der Waals surface area (Å²) in [7, 11) is 0. The Kier molecular flexibility index (Phi) is 7.17. The van der Waals surface area contributed by atoms with E-state index in [1.807, 2.05) is 55.5 Å². The van der Waals surface area contributed by atoms with Crippen LogP contribution in [0.5, 0.6) is 5.75 Å². The van der Waals surface area contributed by atoms with Gasteiger partial charge in [0.2, 0.25) is 5.91 Å². The van der Waals surface area contributed by atoms with Crippen molar-refractivity contribution in [3.05, 3.63) is 65.7 Å². The van der Waals surface area contributed by atoms with Gasteiger partial charge in [-0.25, -0.2) is 0 Å². The van der Waals surface area contributed by atoms with E-state index in [2.05, 4.69) is 10.6 Å². The van der Waals surface area contributed by atoms with Gasteiger partial charge in [-0.2, -0.15) is 0 Å². The highest BCUT2D eigenvalue weighted by Crippen LogP contribution is 2.18. The summed E-state index contributed by atoms with van der Waals surface area (Å²) < 4.78 is 11.3. The number of hydrogen-bond acceptors (Lipinski definition) is 4. The van der Waals surface area contributed by atoms with Gasteiger partial charge in [0.15, 0.2) is 5.11 Å². The topological polar surface area (TPSA) is 59.6 Å². The van der Waals surface area contributed by atoms with Crippen molar-refractivity contribution in [2.45, 2.75) is 25.9 Å². The van der Waals surface area contributed by atoms with Gasteiger partial charge < -0.3 is 14.8 Å². The lowest BCUT2D eigenvalue weighted by molar-refractivity contribution is -0.115. The number of rotatable bonds is 6. The fourth-order valence-corrected chi connectivity index (χ4v) is 2.98. The molecule has 146 valence electrons. The maximum Gasteiger partial charge on any atom is 0.250 e. The molecule has 0 bridgehead atoms. The number of thiocarbonyl (C=S) groups is 1. The second kappa shape index (κ2) is 10.0. The largest absolute Gasteiger partial charge is 0.491 e. The van der Waals surface area contributed by atoms with E-state index in [1.165, 1.54) is 11.6 Å². The highest BCUT2D eigenvalue weighted by molar-refractivity contribution is 7.80. The van der Waals surface area contributed by atoms with Crippen LogP contribution in [0.2, 0.25) is 0 Å². The molecule has 0 saturated carbocycles. The molecule has 2 N–H and O–H groups in total. The standard InChI is InChI=1S/C22H24N2O3S/c1-16-4-6-17(7-5-16)8-13-21(25)24-22(28)23-18-9-11-19(12-10-18)27-15-20-3-2-14-26-20/h4-13,20H,2-3,14-15H2,1H3,(H2,23,24,25,28). The van der Waals surface area contributed by atoms with Gasteiger partial charge in [0.25, 0.3) is 0 Å². The first kappa shape index (κ1) is 20.0. The summed E-state index contributed by atoms with van der Waals surface area (Å²) in [4.78, 5) is 12.0. The van der Waals surface area contributed by atoms with Gasteiger partial charge in [-0.15, -0.1) is 0 Å². The molecule has 0 aliphatic carbocycles. The van der Waals surface area contributed by atoms with Crippen LogP contribution in [-0.4, -0.2) is 30.3 Å². The Labute approximate surface area is 170 Å². The minimum Gasteiger partial charge on any atom is -0.491 e. The highest BCUT2D eigenvalue weighted by atomic mass is 32.1. The molecule has 1 atom stereocenters. The third-order valence-electron chi connectivity index (χ3n) is 4.31. The Balaban J connectivity index is 1.43. The summed E-state index contributed by atoms with van der Waals surface area (Å²) in [5.74, 6) is 0.492. The molecule has 2 aromatic rings. The Morgan fingerprint density at radius 2 is 1.96 bits per heavy atom. The SMILES string of the molecule is Cc1ccc(C=CC(=O)NC(=S)Nc2ccc(OCC3CCCO3)cc2)cc1. The van der Waals surface area contributed by atoms with E-state index in [-0.39, 0.29) is 17.1 Å². The summed E-state index contributed by atoms with van der Waals surface area (Å²) in [5, 5.41) is 5.86. The molecule has 1 fully saturated rings. The highest BCUT2D eigenvalue weighted by Gasteiger charge is 2.15. The monoisotopic (exact) mass is 396 g/mol. The summed E-state index contributed by atoms with van der Waals surface area (Å²) >= 11 is 5.19. The number of aryl methyl sites for hydroxylation is 1. The predicted molar refractivity (Wildman–Crippen MR) is 115 cm³/mol. The lowest BCUT2D eigenvalue weighted by Crippen LogP contribution is -2.32. The summed E-state index contributed by atoms with van der Waals surface area (Å²) in [5.41, 5.74) is 2.91. The second-order valence-corrected chi connectivity index (χ2v) is 7.07. The molecule has 5 nitrogen and oxygen atoms in total. The maximum atomic E-state index is 12.0. The molecule has 6 heteroatoms. The van der Waals surface area contributed by atoms with Crippen LogP contribution in [0.25, 0.3) is 6.08 Å². The van der Waals surface area contributed by atoms with Gasteiger partial charge in [-0.3, -0.25) is 10.1 Å². The third-order valence-corrected chi connectivity index (χ3v) is 4.52. The normalized spacial score (nSPS) is 16.1. The number of nitrogens with one attached hydrogen (secondary N) is 2. The van der Waals surface area contributed by atoms with Crippen LogP contribution in [0.3, 0.4) is 0 Å². The predicted octanol–water partition coefficient (Wildman–Crippen LogP) is 4.08. The molecular formula is C22H24N2O3S. The van der Waals surface area contributed by atoms with Gasteiger partial charge in [-0.1, -0.05) is 29.8 Å². The van der Waals surface area contributed by atoms with E-state index in [0.29, 0.717) is 6.61 Å². The number of hydrogen-bond donors (Lipinski definition) is 2. The number of carbonyl (C=O) groups is 1. The maximum absolute atomic E-state index is 12.0. The van der Waals surface area contributed by atoms with Crippen molar-refractivity contribution in [2.24, 2.45) is 0 Å². The van der Waals surface area contributed by atoms with Gasteiger partial charge in [0.1, 0.15) is 12.4 Å². The molecule has 3 rings (SSSR count). The lowest BCUT2D eigenvalue weighted by Gasteiger charge is -2.12. The van der Waals surface area contributed by atoms with Crippen LogP contribution in [0.15, 0.2) is 54.6 Å². The zero-order valence-corrected chi connectivity index (χ0v) is 16.6.